The number of methoxy groups -OCH3 is 1. The molecule has 1 unspecified atom stereocenters. The van der Waals surface area contributed by atoms with Gasteiger partial charge in [0.25, 0.3) is 0 Å². The molecule has 0 saturated heterocycles. The smallest absolute Gasteiger partial charge is 0.515 e. The van der Waals surface area contributed by atoms with E-state index in [-0.39, 0.29) is 31.8 Å². The molecular weight excluding hydrogens is 171 g/mol. The second kappa shape index (κ2) is 7.84. The van der Waals surface area contributed by atoms with E-state index in [2.05, 4.69) is 0 Å². The van der Waals surface area contributed by atoms with Crippen LogP contribution in [-0.2, 0) is 9.47 Å². The van der Waals surface area contributed by atoms with Crippen LogP contribution in [0.2, 0.25) is 0 Å². The van der Waals surface area contributed by atoms with Gasteiger partial charge in [0, 0.05) is 7.11 Å². The van der Waals surface area contributed by atoms with E-state index in [4.69, 9.17) is 16.1 Å². The fraction of sp³-hybridized carbons (Fsp3) is 0.273. The monoisotopic (exact) mass is 184 g/mol. The SMILES string of the molecule is [CH-]=CC(OCOC)c1ccccc1.[Li+]. The largest absolute Gasteiger partial charge is 1.00 e. The van der Waals surface area contributed by atoms with Gasteiger partial charge in [-0.15, -0.1) is 0 Å². The van der Waals surface area contributed by atoms with E-state index in [1.165, 1.54) is 6.08 Å². The molecule has 1 rings (SSSR count). The fourth-order valence-corrected chi connectivity index (χ4v) is 1.05. The Kier molecular flexibility index (Phi) is 7.55. The number of benzene rings is 1. The molecule has 0 saturated carbocycles. The van der Waals surface area contributed by atoms with Crippen LogP contribution < -0.4 is 18.9 Å². The number of rotatable bonds is 5. The summed E-state index contributed by atoms with van der Waals surface area (Å²) in [5.41, 5.74) is 1.03. The minimum atomic E-state index is -0.193. The molecule has 0 aromatic heterocycles. The second-order valence-corrected chi connectivity index (χ2v) is 2.60. The van der Waals surface area contributed by atoms with Gasteiger partial charge < -0.3 is 16.1 Å². The quantitative estimate of drug-likeness (QED) is 0.343. The number of hydrogen-bond acceptors (Lipinski definition) is 2. The van der Waals surface area contributed by atoms with E-state index in [1.54, 1.807) is 7.11 Å². The van der Waals surface area contributed by atoms with E-state index in [1.807, 2.05) is 30.3 Å². The fourth-order valence-electron chi connectivity index (χ4n) is 1.05. The average Bonchev–Trinajstić information content (AvgIpc) is 2.21. The Bertz CT molecular complexity index is 249. The molecule has 1 aromatic rings. The van der Waals surface area contributed by atoms with Crippen LogP contribution in [0, 0.1) is 6.58 Å². The summed E-state index contributed by atoms with van der Waals surface area (Å²) in [6.45, 7) is 5.68. The summed E-state index contributed by atoms with van der Waals surface area (Å²) in [6.07, 6.45) is 1.31. The Balaban J connectivity index is 0.00000169. The molecule has 1 atom stereocenters. The number of hydrogen-bond donors (Lipinski definition) is 0. The van der Waals surface area contributed by atoms with Gasteiger partial charge in [0.2, 0.25) is 0 Å². The molecule has 1 aromatic carbocycles. The molecule has 0 aliphatic heterocycles. The van der Waals surface area contributed by atoms with Gasteiger partial charge >= 0.3 is 18.9 Å². The van der Waals surface area contributed by atoms with Crippen molar-refractivity contribution in [2.75, 3.05) is 13.9 Å². The first kappa shape index (κ1) is 13.5. The van der Waals surface area contributed by atoms with Crippen LogP contribution in [0.25, 0.3) is 0 Å². The van der Waals surface area contributed by atoms with Gasteiger partial charge in [-0.05, 0) is 5.56 Å². The van der Waals surface area contributed by atoms with Crippen molar-refractivity contribution in [2.45, 2.75) is 6.10 Å². The summed E-state index contributed by atoms with van der Waals surface area (Å²) in [6, 6.07) is 9.77. The molecular formula is C11H13LiO2. The van der Waals surface area contributed by atoms with Crippen LogP contribution in [-0.4, -0.2) is 13.9 Å². The van der Waals surface area contributed by atoms with E-state index in [9.17, 15) is 0 Å². The molecule has 70 valence electrons. The minimum absolute atomic E-state index is 0. The Labute approximate surface area is 97.1 Å². The normalized spacial score (nSPS) is 11.5. The third-order valence-corrected chi connectivity index (χ3v) is 1.67. The molecule has 0 aliphatic rings. The molecule has 2 nitrogen and oxygen atoms in total. The first-order valence-corrected chi connectivity index (χ1v) is 4.09. The van der Waals surface area contributed by atoms with Gasteiger partial charge in [-0.3, -0.25) is 0 Å². The Morgan fingerprint density at radius 1 is 1.36 bits per heavy atom. The zero-order chi connectivity index (χ0) is 9.52. The van der Waals surface area contributed by atoms with Crippen LogP contribution in [0.4, 0.5) is 0 Å². The number of ether oxygens (including phenoxy) is 2. The summed E-state index contributed by atoms with van der Waals surface area (Å²) >= 11 is 0. The van der Waals surface area contributed by atoms with Gasteiger partial charge in [-0.25, -0.2) is 6.08 Å². The maximum Gasteiger partial charge on any atom is 1.00 e. The molecule has 0 N–H and O–H groups in total. The van der Waals surface area contributed by atoms with Crippen molar-refractivity contribution in [2.24, 2.45) is 0 Å². The maximum absolute atomic E-state index is 5.44. The molecule has 0 spiro atoms. The van der Waals surface area contributed by atoms with E-state index >= 15 is 0 Å². The summed E-state index contributed by atoms with van der Waals surface area (Å²) in [7, 11) is 1.58. The van der Waals surface area contributed by atoms with Crippen LogP contribution >= 0.6 is 0 Å². The predicted octanol–water partition coefficient (Wildman–Crippen LogP) is -0.659. The van der Waals surface area contributed by atoms with Gasteiger partial charge in [-0.1, -0.05) is 30.3 Å². The van der Waals surface area contributed by atoms with Gasteiger partial charge in [0.05, 0.1) is 6.10 Å². The third-order valence-electron chi connectivity index (χ3n) is 1.67. The van der Waals surface area contributed by atoms with Gasteiger partial charge in [-0.2, -0.15) is 0 Å². The third kappa shape index (κ3) is 4.12. The van der Waals surface area contributed by atoms with E-state index < -0.39 is 0 Å². The summed E-state index contributed by atoms with van der Waals surface area (Å²) in [4.78, 5) is 0. The van der Waals surface area contributed by atoms with Crippen molar-refractivity contribution in [3.63, 3.8) is 0 Å². The molecule has 0 amide bonds. The van der Waals surface area contributed by atoms with Crippen molar-refractivity contribution in [1.82, 2.24) is 0 Å². The molecule has 0 fully saturated rings. The molecule has 0 bridgehead atoms. The van der Waals surface area contributed by atoms with Crippen LogP contribution in [0.3, 0.4) is 0 Å². The van der Waals surface area contributed by atoms with E-state index in [0.29, 0.717) is 0 Å². The molecule has 3 heteroatoms. The minimum Gasteiger partial charge on any atom is -0.515 e. The molecule has 0 aliphatic carbocycles. The zero-order valence-corrected chi connectivity index (χ0v) is 8.64. The van der Waals surface area contributed by atoms with Gasteiger partial charge in [0.15, 0.2) is 0 Å². The van der Waals surface area contributed by atoms with Gasteiger partial charge in [0.1, 0.15) is 6.79 Å². The van der Waals surface area contributed by atoms with Crippen molar-refractivity contribution in [1.29, 1.82) is 0 Å². The zero-order valence-electron chi connectivity index (χ0n) is 8.64. The first-order chi connectivity index (χ1) is 6.38. The predicted molar refractivity (Wildman–Crippen MR) is 51.0 cm³/mol. The molecule has 0 heterocycles. The van der Waals surface area contributed by atoms with Crippen LogP contribution in [0.5, 0.6) is 0 Å². The standard InChI is InChI=1S/C11H13O2.Li/c1-3-11(13-9-12-2)10-7-5-4-6-8-10;/h1,3-8,11H,9H2,2H3;/q-1;+1. The summed E-state index contributed by atoms with van der Waals surface area (Å²) < 4.78 is 10.1. The topological polar surface area (TPSA) is 18.5 Å². The second-order valence-electron chi connectivity index (χ2n) is 2.60. The molecule has 0 radical (unpaired) electrons. The van der Waals surface area contributed by atoms with Crippen LogP contribution in [0.1, 0.15) is 11.7 Å². The van der Waals surface area contributed by atoms with E-state index in [0.717, 1.165) is 5.56 Å². The summed E-state index contributed by atoms with van der Waals surface area (Å²) in [5.74, 6) is 0. The maximum atomic E-state index is 5.44. The Morgan fingerprint density at radius 3 is 2.50 bits per heavy atom. The average molecular weight is 184 g/mol. The first-order valence-electron chi connectivity index (χ1n) is 4.09. The van der Waals surface area contributed by atoms with Crippen molar-refractivity contribution >= 4 is 0 Å². The van der Waals surface area contributed by atoms with Crippen LogP contribution in [0.15, 0.2) is 36.4 Å². The van der Waals surface area contributed by atoms with Crippen molar-refractivity contribution in [3.05, 3.63) is 48.6 Å². The Hall–Kier alpha value is -0.523. The summed E-state index contributed by atoms with van der Waals surface area (Å²) in [5, 5.41) is 0. The Morgan fingerprint density at radius 2 is 2.00 bits per heavy atom. The van der Waals surface area contributed by atoms with Crippen molar-refractivity contribution in [3.8, 4) is 0 Å². The van der Waals surface area contributed by atoms with Crippen molar-refractivity contribution < 1.29 is 28.3 Å². The molecule has 14 heavy (non-hydrogen) atoms.